The number of aromatic amines is 3. The largest absolute Gasteiger partial charge is 0.394 e. The third-order valence-electron chi connectivity index (χ3n) is 2.50. The predicted molar refractivity (Wildman–Crippen MR) is 112 cm³/mol. The van der Waals surface area contributed by atoms with Crippen LogP contribution in [-0.4, -0.2) is 70.9 Å². The van der Waals surface area contributed by atoms with Gasteiger partial charge in [-0.1, -0.05) is 0 Å². The summed E-state index contributed by atoms with van der Waals surface area (Å²) >= 11 is 0. The summed E-state index contributed by atoms with van der Waals surface area (Å²) in [4.78, 5) is 0. The van der Waals surface area contributed by atoms with Crippen LogP contribution in [0.15, 0.2) is 36.8 Å². The van der Waals surface area contributed by atoms with Crippen LogP contribution in [0.25, 0.3) is 0 Å². The second-order valence-electron chi connectivity index (χ2n) is 6.75. The van der Waals surface area contributed by atoms with Gasteiger partial charge in [0, 0.05) is 75.4 Å². The molecule has 6 N–H and O–H groups in total. The van der Waals surface area contributed by atoms with Crippen LogP contribution in [0, 0.1) is 0 Å². The van der Waals surface area contributed by atoms with Crippen LogP contribution >= 0.6 is 0 Å². The first-order valence-corrected chi connectivity index (χ1v) is 9.17. The Morgan fingerprint density at radius 2 is 0.828 bits per heavy atom. The zero-order valence-electron chi connectivity index (χ0n) is 18.0. The fraction of sp³-hybridized carbons (Fsp3) is 0.500. The van der Waals surface area contributed by atoms with E-state index in [1.807, 2.05) is 18.2 Å². The smallest absolute Gasteiger partial charge is 0.308 e. The molecular formula is C18H33BN6O3Ti. The maximum atomic E-state index is 8.06. The van der Waals surface area contributed by atoms with Crippen molar-refractivity contribution in [2.24, 2.45) is 0 Å². The number of aromatic nitrogens is 6. The summed E-state index contributed by atoms with van der Waals surface area (Å²) < 4.78 is 0. The van der Waals surface area contributed by atoms with Crippen molar-refractivity contribution in [2.75, 3.05) is 0 Å². The van der Waals surface area contributed by atoms with E-state index in [4.69, 9.17) is 15.3 Å². The van der Waals surface area contributed by atoms with E-state index in [0.717, 1.165) is 16.8 Å². The van der Waals surface area contributed by atoms with Crippen LogP contribution in [0.2, 0.25) is 0 Å². The quantitative estimate of drug-likeness (QED) is 0.304. The molecular weight excluding hydrogens is 407 g/mol. The average molecular weight is 440 g/mol. The SMILES string of the molecule is CC(C)O.CC(C)O.CC(C)O.[Ti].c1cc(B(c2ccn[nH]2)c2ccn[nH]2)[nH]n1. The van der Waals surface area contributed by atoms with Gasteiger partial charge < -0.3 is 15.3 Å². The van der Waals surface area contributed by atoms with E-state index in [2.05, 4.69) is 30.6 Å². The average Bonchev–Trinajstić information content (AvgIpc) is 3.31. The van der Waals surface area contributed by atoms with Crippen molar-refractivity contribution < 1.29 is 37.0 Å². The van der Waals surface area contributed by atoms with Gasteiger partial charge in [0.2, 0.25) is 0 Å². The zero-order chi connectivity index (χ0) is 21.5. The van der Waals surface area contributed by atoms with E-state index in [0.29, 0.717) is 0 Å². The molecule has 0 radical (unpaired) electrons. The summed E-state index contributed by atoms with van der Waals surface area (Å²) in [5, 5.41) is 45.0. The van der Waals surface area contributed by atoms with Gasteiger partial charge in [0.25, 0.3) is 0 Å². The van der Waals surface area contributed by atoms with Crippen molar-refractivity contribution in [3.05, 3.63) is 36.8 Å². The number of rotatable bonds is 3. The molecule has 3 aromatic heterocycles. The van der Waals surface area contributed by atoms with Gasteiger partial charge in [0.1, 0.15) is 0 Å². The third kappa shape index (κ3) is 15.8. The molecule has 0 bridgehead atoms. The van der Waals surface area contributed by atoms with Gasteiger partial charge in [-0.3, -0.25) is 15.3 Å². The van der Waals surface area contributed by atoms with Crippen LogP contribution < -0.4 is 16.8 Å². The van der Waals surface area contributed by atoms with Crippen LogP contribution in [0.4, 0.5) is 0 Å². The molecule has 0 aromatic carbocycles. The number of aliphatic hydroxyl groups excluding tert-OH is 3. The standard InChI is InChI=1S/C9H9BN6.3C3H8O.Ti/c1-4-11-14-7(1)10(8-2-5-12-15-8)9-3-6-13-16-9;3*1-3(2)4;/h1-6H,(H,11,14)(H,12,15)(H,13,16);3*3-4H,1-2H3;. The van der Waals surface area contributed by atoms with Crippen molar-refractivity contribution in [1.29, 1.82) is 0 Å². The summed E-state index contributed by atoms with van der Waals surface area (Å²) in [5.74, 6) is 0. The molecule has 0 aliphatic heterocycles. The van der Waals surface area contributed by atoms with Gasteiger partial charge in [0.15, 0.2) is 0 Å². The van der Waals surface area contributed by atoms with Crippen LogP contribution in [-0.2, 0) is 21.7 Å². The fourth-order valence-electron chi connectivity index (χ4n) is 1.78. The predicted octanol–water partition coefficient (Wildman–Crippen LogP) is -0.469. The molecule has 9 nitrogen and oxygen atoms in total. The molecule has 0 saturated heterocycles. The van der Waals surface area contributed by atoms with Crippen molar-refractivity contribution in [2.45, 2.75) is 59.9 Å². The Bertz CT molecular complexity index is 573. The first-order chi connectivity index (χ1) is 13.1. The van der Waals surface area contributed by atoms with Gasteiger partial charge >= 0.3 is 6.71 Å². The van der Waals surface area contributed by atoms with Crippen molar-refractivity contribution in [3.8, 4) is 0 Å². The molecule has 0 fully saturated rings. The summed E-state index contributed by atoms with van der Waals surface area (Å²) in [6.45, 7) is 10.4. The zero-order valence-corrected chi connectivity index (χ0v) is 19.5. The molecule has 0 aliphatic rings. The van der Waals surface area contributed by atoms with Gasteiger partial charge in [-0.05, 0) is 59.7 Å². The first kappa shape index (κ1) is 29.5. The maximum Gasteiger partial charge on any atom is 0.308 e. The molecule has 0 amide bonds. The Balaban J connectivity index is 0. The van der Waals surface area contributed by atoms with Gasteiger partial charge in [-0.15, -0.1) is 0 Å². The third-order valence-corrected chi connectivity index (χ3v) is 2.50. The molecule has 0 unspecified atom stereocenters. The molecule has 0 atom stereocenters. The monoisotopic (exact) mass is 440 g/mol. The second kappa shape index (κ2) is 17.2. The Morgan fingerprint density at radius 3 is 0.966 bits per heavy atom. The molecule has 160 valence electrons. The summed E-state index contributed by atoms with van der Waals surface area (Å²) in [6, 6.07) is 5.81. The number of aliphatic hydroxyl groups is 3. The number of H-pyrrole nitrogens is 3. The minimum absolute atomic E-state index is 0. The number of hydrogen-bond acceptors (Lipinski definition) is 6. The van der Waals surface area contributed by atoms with Gasteiger partial charge in [-0.25, -0.2) is 0 Å². The van der Waals surface area contributed by atoms with E-state index in [1.165, 1.54) is 0 Å². The Hall–Kier alpha value is -1.71. The Kier molecular flexibility index (Phi) is 17.5. The van der Waals surface area contributed by atoms with Crippen molar-refractivity contribution in [1.82, 2.24) is 30.6 Å². The Morgan fingerprint density at radius 1 is 0.621 bits per heavy atom. The van der Waals surface area contributed by atoms with Gasteiger partial charge in [-0.2, -0.15) is 15.3 Å². The molecule has 11 heteroatoms. The van der Waals surface area contributed by atoms with E-state index in [-0.39, 0.29) is 46.7 Å². The summed E-state index contributed by atoms with van der Waals surface area (Å²) in [7, 11) is 0. The minimum atomic E-state index is -0.167. The normalized spacial score (nSPS) is 9.52. The van der Waals surface area contributed by atoms with E-state index in [9.17, 15) is 0 Å². The summed E-state index contributed by atoms with van der Waals surface area (Å²) in [5.41, 5.74) is 2.98. The molecule has 0 spiro atoms. The van der Waals surface area contributed by atoms with E-state index in [1.54, 1.807) is 60.1 Å². The topological polar surface area (TPSA) is 147 Å². The molecule has 0 saturated carbocycles. The van der Waals surface area contributed by atoms with Crippen molar-refractivity contribution in [3.63, 3.8) is 0 Å². The maximum absolute atomic E-state index is 8.06. The van der Waals surface area contributed by atoms with E-state index < -0.39 is 0 Å². The number of nitrogens with zero attached hydrogens (tertiary/aromatic N) is 3. The number of nitrogens with one attached hydrogen (secondary N) is 3. The van der Waals surface area contributed by atoms with Crippen LogP contribution in [0.1, 0.15) is 41.5 Å². The van der Waals surface area contributed by atoms with Crippen LogP contribution in [0.3, 0.4) is 0 Å². The molecule has 3 aromatic rings. The van der Waals surface area contributed by atoms with Gasteiger partial charge in [0.05, 0.1) is 0 Å². The molecule has 3 rings (SSSR count). The first-order valence-electron chi connectivity index (χ1n) is 9.17. The molecule has 0 aliphatic carbocycles. The number of hydrogen-bond donors (Lipinski definition) is 6. The van der Waals surface area contributed by atoms with E-state index >= 15 is 0 Å². The molecule has 29 heavy (non-hydrogen) atoms. The summed E-state index contributed by atoms with van der Waals surface area (Å²) in [6.07, 6.45) is 4.69. The van der Waals surface area contributed by atoms with Crippen molar-refractivity contribution >= 4 is 23.5 Å². The Labute approximate surface area is 187 Å². The fourth-order valence-corrected chi connectivity index (χ4v) is 1.78. The molecule has 3 heterocycles. The van der Waals surface area contributed by atoms with Crippen LogP contribution in [0.5, 0.6) is 0 Å². The second-order valence-corrected chi connectivity index (χ2v) is 6.75. The minimum Gasteiger partial charge on any atom is -0.394 e.